The van der Waals surface area contributed by atoms with E-state index in [1.807, 2.05) is 12.1 Å². The van der Waals surface area contributed by atoms with Crippen molar-refractivity contribution in [1.29, 1.82) is 0 Å². The van der Waals surface area contributed by atoms with Gasteiger partial charge in [0.15, 0.2) is 5.82 Å². The van der Waals surface area contributed by atoms with Crippen LogP contribution in [0.3, 0.4) is 0 Å². The van der Waals surface area contributed by atoms with Crippen LogP contribution in [0.5, 0.6) is 5.75 Å². The number of nitrogens with zero attached hydrogens (tertiary/aromatic N) is 2. The molecule has 0 aliphatic heterocycles. The van der Waals surface area contributed by atoms with Gasteiger partial charge >= 0.3 is 0 Å². The van der Waals surface area contributed by atoms with Crippen LogP contribution >= 0.6 is 0 Å². The van der Waals surface area contributed by atoms with Crippen molar-refractivity contribution in [2.24, 2.45) is 7.05 Å². The zero-order valence-electron chi connectivity index (χ0n) is 12.3. The number of aromatic nitrogens is 2. The Bertz CT molecular complexity index is 748. The number of methoxy groups -OCH3 is 1. The van der Waals surface area contributed by atoms with Crippen LogP contribution in [0.2, 0.25) is 0 Å². The van der Waals surface area contributed by atoms with Crippen molar-refractivity contribution in [2.45, 2.75) is 19.8 Å². The molecular weight excluding hydrogens is 278 g/mol. The molecule has 2 rings (SSSR count). The van der Waals surface area contributed by atoms with E-state index in [9.17, 15) is 8.42 Å². The highest BCUT2D eigenvalue weighted by Crippen LogP contribution is 2.36. The lowest BCUT2D eigenvalue weighted by atomic mass is 10.00. The third-order valence-corrected chi connectivity index (χ3v) is 3.67. The van der Waals surface area contributed by atoms with E-state index in [1.165, 1.54) is 0 Å². The molecule has 1 aromatic carbocycles. The van der Waals surface area contributed by atoms with E-state index in [-0.39, 0.29) is 0 Å². The SMILES string of the molecule is COc1ccc(C(C)C)c2c1c(NS(C)(=O)=O)nn2C. The predicted molar refractivity (Wildman–Crippen MR) is 79.8 cm³/mol. The fourth-order valence-corrected chi connectivity index (χ4v) is 2.79. The predicted octanol–water partition coefficient (Wildman–Crippen LogP) is 2.08. The molecule has 7 heteroatoms. The molecule has 0 bridgehead atoms. The highest BCUT2D eigenvalue weighted by Gasteiger charge is 2.20. The Balaban J connectivity index is 2.82. The summed E-state index contributed by atoms with van der Waals surface area (Å²) >= 11 is 0. The van der Waals surface area contributed by atoms with Gasteiger partial charge < -0.3 is 4.74 Å². The number of fused-ring (bicyclic) bond motifs is 1. The monoisotopic (exact) mass is 297 g/mol. The number of aryl methyl sites for hydroxylation is 1. The molecule has 0 saturated heterocycles. The molecule has 0 fully saturated rings. The Hall–Kier alpha value is -1.76. The van der Waals surface area contributed by atoms with Gasteiger partial charge in [-0.3, -0.25) is 9.40 Å². The molecule has 1 heterocycles. The summed E-state index contributed by atoms with van der Waals surface area (Å²) in [4.78, 5) is 0. The second kappa shape index (κ2) is 4.97. The lowest BCUT2D eigenvalue weighted by Crippen LogP contribution is -2.10. The van der Waals surface area contributed by atoms with Crippen molar-refractivity contribution in [3.63, 3.8) is 0 Å². The van der Waals surface area contributed by atoms with Gasteiger partial charge in [0.2, 0.25) is 10.0 Å². The van der Waals surface area contributed by atoms with Gasteiger partial charge in [-0.05, 0) is 17.5 Å². The van der Waals surface area contributed by atoms with Gasteiger partial charge in [-0.1, -0.05) is 19.9 Å². The van der Waals surface area contributed by atoms with Crippen LogP contribution in [0.4, 0.5) is 5.82 Å². The maximum atomic E-state index is 11.5. The van der Waals surface area contributed by atoms with Crippen LogP contribution in [0.1, 0.15) is 25.3 Å². The van der Waals surface area contributed by atoms with E-state index in [2.05, 4.69) is 23.7 Å². The first-order valence-corrected chi connectivity index (χ1v) is 8.15. The summed E-state index contributed by atoms with van der Waals surface area (Å²) in [7, 11) is -0.0454. The molecule has 0 amide bonds. The number of benzene rings is 1. The molecule has 1 N–H and O–H groups in total. The lowest BCUT2D eigenvalue weighted by Gasteiger charge is -2.11. The largest absolute Gasteiger partial charge is 0.496 e. The van der Waals surface area contributed by atoms with Crippen LogP contribution in [-0.2, 0) is 17.1 Å². The minimum absolute atomic E-state index is 0.296. The topological polar surface area (TPSA) is 73.2 Å². The molecule has 0 aliphatic rings. The second-order valence-electron chi connectivity index (χ2n) is 5.08. The summed E-state index contributed by atoms with van der Waals surface area (Å²) in [5, 5.41) is 4.96. The number of rotatable bonds is 4. The van der Waals surface area contributed by atoms with E-state index < -0.39 is 10.0 Å². The van der Waals surface area contributed by atoms with Crippen molar-refractivity contribution in [3.8, 4) is 5.75 Å². The van der Waals surface area contributed by atoms with Gasteiger partial charge in [0, 0.05) is 7.05 Å². The van der Waals surface area contributed by atoms with E-state index in [0.717, 1.165) is 17.3 Å². The number of ether oxygens (including phenoxy) is 1. The highest BCUT2D eigenvalue weighted by molar-refractivity contribution is 7.92. The summed E-state index contributed by atoms with van der Waals surface area (Å²) in [6.45, 7) is 4.16. The summed E-state index contributed by atoms with van der Waals surface area (Å²) in [6, 6.07) is 3.82. The number of nitrogens with one attached hydrogen (secondary N) is 1. The summed E-state index contributed by atoms with van der Waals surface area (Å²) in [5.41, 5.74) is 1.97. The standard InChI is InChI=1S/C13H19N3O3S/c1-8(2)9-6-7-10(19-4)11-12(9)16(3)14-13(11)15-20(5,17)18/h6-8H,1-5H3,(H,14,15). The average Bonchev–Trinajstić information content (AvgIpc) is 2.63. The van der Waals surface area contributed by atoms with Crippen LogP contribution < -0.4 is 9.46 Å². The molecule has 110 valence electrons. The van der Waals surface area contributed by atoms with Gasteiger partial charge in [0.25, 0.3) is 0 Å². The van der Waals surface area contributed by atoms with Crippen LogP contribution in [0, 0.1) is 0 Å². The first-order valence-electron chi connectivity index (χ1n) is 6.26. The van der Waals surface area contributed by atoms with Crippen molar-refractivity contribution in [3.05, 3.63) is 17.7 Å². The fraction of sp³-hybridized carbons (Fsp3) is 0.462. The molecule has 20 heavy (non-hydrogen) atoms. The van der Waals surface area contributed by atoms with E-state index in [0.29, 0.717) is 22.9 Å². The lowest BCUT2D eigenvalue weighted by molar-refractivity contribution is 0.420. The fourth-order valence-electron chi connectivity index (χ4n) is 2.30. The number of sulfonamides is 1. The van der Waals surface area contributed by atoms with Crippen molar-refractivity contribution < 1.29 is 13.2 Å². The minimum Gasteiger partial charge on any atom is -0.496 e. The molecule has 2 aromatic rings. The van der Waals surface area contributed by atoms with Crippen LogP contribution in [0.15, 0.2) is 12.1 Å². The third-order valence-electron chi connectivity index (χ3n) is 3.11. The van der Waals surface area contributed by atoms with Gasteiger partial charge in [0.05, 0.1) is 24.3 Å². The molecule has 1 aromatic heterocycles. The molecule has 0 atom stereocenters. The Morgan fingerprint density at radius 1 is 1.35 bits per heavy atom. The van der Waals surface area contributed by atoms with Gasteiger partial charge in [-0.25, -0.2) is 8.42 Å². The first kappa shape index (κ1) is 14.6. The Kier molecular flexibility index (Phi) is 3.64. The molecule has 0 saturated carbocycles. The Labute approximate surface area is 118 Å². The molecule has 0 aliphatic carbocycles. The molecule has 0 unspecified atom stereocenters. The summed E-state index contributed by atoms with van der Waals surface area (Å²) in [6.07, 6.45) is 1.10. The number of hydrogen-bond acceptors (Lipinski definition) is 4. The summed E-state index contributed by atoms with van der Waals surface area (Å²) < 4.78 is 32.4. The van der Waals surface area contributed by atoms with E-state index in [1.54, 1.807) is 18.8 Å². The summed E-state index contributed by atoms with van der Waals surface area (Å²) in [5.74, 6) is 1.19. The van der Waals surface area contributed by atoms with E-state index >= 15 is 0 Å². The van der Waals surface area contributed by atoms with Crippen molar-refractivity contribution >= 4 is 26.7 Å². The number of hydrogen-bond donors (Lipinski definition) is 1. The Morgan fingerprint density at radius 2 is 2.00 bits per heavy atom. The normalized spacial score (nSPS) is 12.1. The van der Waals surface area contributed by atoms with Crippen LogP contribution in [-0.4, -0.2) is 31.6 Å². The van der Waals surface area contributed by atoms with Gasteiger partial charge in [-0.2, -0.15) is 5.10 Å². The maximum absolute atomic E-state index is 11.5. The zero-order chi connectivity index (χ0) is 15.1. The maximum Gasteiger partial charge on any atom is 0.231 e. The van der Waals surface area contributed by atoms with Gasteiger partial charge in [0.1, 0.15) is 5.75 Å². The quantitative estimate of drug-likeness (QED) is 0.937. The third kappa shape index (κ3) is 2.58. The second-order valence-corrected chi connectivity index (χ2v) is 6.83. The molecule has 6 nitrogen and oxygen atoms in total. The molecular formula is C13H19N3O3S. The molecule has 0 radical (unpaired) electrons. The van der Waals surface area contributed by atoms with Crippen LogP contribution in [0.25, 0.3) is 10.9 Å². The van der Waals surface area contributed by atoms with Crippen molar-refractivity contribution in [2.75, 3.05) is 18.1 Å². The van der Waals surface area contributed by atoms with Crippen molar-refractivity contribution in [1.82, 2.24) is 9.78 Å². The van der Waals surface area contributed by atoms with E-state index in [4.69, 9.17) is 4.74 Å². The highest BCUT2D eigenvalue weighted by atomic mass is 32.2. The van der Waals surface area contributed by atoms with Gasteiger partial charge in [-0.15, -0.1) is 0 Å². The Morgan fingerprint density at radius 3 is 2.50 bits per heavy atom. The average molecular weight is 297 g/mol. The smallest absolute Gasteiger partial charge is 0.231 e. The molecule has 0 spiro atoms. The zero-order valence-corrected chi connectivity index (χ0v) is 13.1. The first-order chi connectivity index (χ1) is 9.24. The minimum atomic E-state index is -3.39. The number of anilines is 1.